The first-order chi connectivity index (χ1) is 9.47. The summed E-state index contributed by atoms with van der Waals surface area (Å²) in [6.45, 7) is 3.11. The molecular formula is C12H18ClN3O3S. The third-order valence-electron chi connectivity index (χ3n) is 2.99. The molecule has 0 bridgehead atoms. The van der Waals surface area contributed by atoms with Gasteiger partial charge in [-0.25, -0.2) is 8.42 Å². The molecule has 8 heteroatoms. The zero-order valence-electron chi connectivity index (χ0n) is 11.0. The van der Waals surface area contributed by atoms with Crippen molar-refractivity contribution in [2.45, 2.75) is 10.6 Å². The van der Waals surface area contributed by atoms with E-state index in [1.54, 1.807) is 12.1 Å². The molecule has 0 aromatic heterocycles. The fourth-order valence-corrected chi connectivity index (χ4v) is 3.55. The summed E-state index contributed by atoms with van der Waals surface area (Å²) in [4.78, 5) is 2.19. The van der Waals surface area contributed by atoms with Crippen LogP contribution in [0.4, 0.5) is 0 Å². The van der Waals surface area contributed by atoms with E-state index in [-0.39, 0.29) is 10.8 Å². The average Bonchev–Trinajstić information content (AvgIpc) is 2.39. The van der Waals surface area contributed by atoms with Crippen LogP contribution in [-0.2, 0) is 9.84 Å². The molecule has 1 unspecified atom stereocenters. The van der Waals surface area contributed by atoms with Gasteiger partial charge in [-0.3, -0.25) is 10.6 Å². The van der Waals surface area contributed by atoms with Crippen molar-refractivity contribution in [3.63, 3.8) is 0 Å². The van der Waals surface area contributed by atoms with Crippen LogP contribution in [0.25, 0.3) is 0 Å². The van der Waals surface area contributed by atoms with Gasteiger partial charge in [-0.2, -0.15) is 0 Å². The fraction of sp³-hybridized carbons (Fsp3) is 0.500. The molecule has 1 saturated heterocycles. The van der Waals surface area contributed by atoms with Gasteiger partial charge in [0, 0.05) is 26.2 Å². The minimum absolute atomic E-state index is 0.0317. The van der Waals surface area contributed by atoms with Crippen molar-refractivity contribution in [3.8, 4) is 5.75 Å². The molecule has 0 amide bonds. The minimum Gasteiger partial charge on any atom is -0.462 e. The Morgan fingerprint density at radius 2 is 1.90 bits per heavy atom. The normalized spacial score (nSPS) is 18.7. The molecule has 0 radical (unpaired) electrons. The zero-order valence-corrected chi connectivity index (χ0v) is 12.5. The molecule has 112 valence electrons. The lowest BCUT2D eigenvalue weighted by atomic mass is 10.3. The topological polar surface area (TPSA) is 84.7 Å². The molecule has 1 aliphatic heterocycles. The van der Waals surface area contributed by atoms with E-state index in [4.69, 9.17) is 22.1 Å². The van der Waals surface area contributed by atoms with Gasteiger partial charge in [-0.05, 0) is 24.3 Å². The quantitative estimate of drug-likeness (QED) is 0.458. The van der Waals surface area contributed by atoms with Crippen molar-refractivity contribution in [3.05, 3.63) is 24.3 Å². The Morgan fingerprint density at radius 1 is 1.30 bits per heavy atom. The molecule has 1 heterocycles. The molecule has 1 aromatic rings. The Bertz CT molecular complexity index is 527. The van der Waals surface area contributed by atoms with Gasteiger partial charge in [-0.1, -0.05) is 11.6 Å². The van der Waals surface area contributed by atoms with Gasteiger partial charge in [0.05, 0.1) is 4.90 Å². The number of alkyl halides is 1. The predicted molar refractivity (Wildman–Crippen MR) is 77.4 cm³/mol. The van der Waals surface area contributed by atoms with Crippen LogP contribution in [-0.4, -0.2) is 51.1 Å². The first-order valence-electron chi connectivity index (χ1n) is 6.29. The van der Waals surface area contributed by atoms with E-state index in [9.17, 15) is 8.42 Å². The Hall–Kier alpha value is -0.860. The molecule has 0 spiro atoms. The van der Waals surface area contributed by atoms with Crippen LogP contribution in [0.1, 0.15) is 0 Å². The number of ether oxygens (including phenoxy) is 1. The van der Waals surface area contributed by atoms with Crippen LogP contribution >= 0.6 is 11.6 Å². The van der Waals surface area contributed by atoms with Crippen molar-refractivity contribution in [2.24, 2.45) is 5.73 Å². The smallest absolute Gasteiger partial charge is 0.225 e. The standard InChI is InChI=1S/C12H18ClN3O3S/c13-12(14)19-10-1-3-11(4-2-10)20(17,18)9-16-7-5-15-6-8-16/h1-4,12,15H,5-9,14H2. The molecule has 0 aliphatic carbocycles. The third-order valence-corrected chi connectivity index (χ3v) is 4.78. The molecule has 1 aliphatic rings. The highest BCUT2D eigenvalue weighted by atomic mass is 35.5. The maximum absolute atomic E-state index is 12.3. The SMILES string of the molecule is NC(Cl)Oc1ccc(S(=O)(=O)CN2CCNCC2)cc1. The highest BCUT2D eigenvalue weighted by Gasteiger charge is 2.20. The summed E-state index contributed by atoms with van der Waals surface area (Å²) in [5, 5.41) is 3.19. The van der Waals surface area contributed by atoms with Gasteiger partial charge in [-0.15, -0.1) is 0 Å². The fourth-order valence-electron chi connectivity index (χ4n) is 2.01. The number of nitrogens with two attached hydrogens (primary N) is 1. The Kier molecular flexibility index (Phi) is 5.22. The van der Waals surface area contributed by atoms with Gasteiger partial charge in [0.1, 0.15) is 11.6 Å². The van der Waals surface area contributed by atoms with Crippen LogP contribution in [0.15, 0.2) is 29.2 Å². The maximum Gasteiger partial charge on any atom is 0.225 e. The van der Waals surface area contributed by atoms with E-state index in [1.807, 2.05) is 4.90 Å². The molecule has 1 atom stereocenters. The largest absolute Gasteiger partial charge is 0.462 e. The number of piperazine rings is 1. The minimum atomic E-state index is -3.33. The van der Waals surface area contributed by atoms with E-state index in [1.165, 1.54) is 12.1 Å². The summed E-state index contributed by atoms with van der Waals surface area (Å²) in [5.41, 5.74) is 4.34. The summed E-state index contributed by atoms with van der Waals surface area (Å²) in [5.74, 6) is 0.470. The van der Waals surface area contributed by atoms with Crippen molar-refractivity contribution >= 4 is 21.4 Å². The molecule has 0 saturated carbocycles. The summed E-state index contributed by atoms with van der Waals surface area (Å²) in [6.07, 6.45) is 0. The lowest BCUT2D eigenvalue weighted by Crippen LogP contribution is -2.45. The van der Waals surface area contributed by atoms with Gasteiger partial charge < -0.3 is 10.1 Å². The number of sulfone groups is 1. The number of hydrogen-bond donors (Lipinski definition) is 2. The summed E-state index contributed by atoms with van der Waals surface area (Å²) >= 11 is 5.50. The zero-order chi connectivity index (χ0) is 14.6. The molecule has 1 fully saturated rings. The first-order valence-corrected chi connectivity index (χ1v) is 8.38. The van der Waals surface area contributed by atoms with Gasteiger partial charge >= 0.3 is 0 Å². The van der Waals surface area contributed by atoms with E-state index in [0.29, 0.717) is 5.75 Å². The number of rotatable bonds is 5. The lowest BCUT2D eigenvalue weighted by molar-refractivity contribution is 0.274. The second kappa shape index (κ2) is 6.73. The van der Waals surface area contributed by atoms with Crippen LogP contribution in [0.2, 0.25) is 0 Å². The molecule has 20 heavy (non-hydrogen) atoms. The lowest BCUT2D eigenvalue weighted by Gasteiger charge is -2.26. The number of benzene rings is 1. The molecule has 1 aromatic carbocycles. The number of nitrogens with zero attached hydrogens (tertiary/aromatic N) is 1. The number of halogens is 1. The molecule has 2 rings (SSSR count). The first kappa shape index (κ1) is 15.5. The van der Waals surface area contributed by atoms with Crippen LogP contribution in [0, 0.1) is 0 Å². The predicted octanol–water partition coefficient (Wildman–Crippen LogP) is 0.183. The van der Waals surface area contributed by atoms with Gasteiger partial charge in [0.15, 0.2) is 9.84 Å². The van der Waals surface area contributed by atoms with Crippen LogP contribution in [0.5, 0.6) is 5.75 Å². The number of hydrogen-bond acceptors (Lipinski definition) is 6. The maximum atomic E-state index is 12.3. The van der Waals surface area contributed by atoms with E-state index in [2.05, 4.69) is 5.32 Å². The second-order valence-electron chi connectivity index (χ2n) is 4.55. The number of nitrogens with one attached hydrogen (secondary N) is 1. The van der Waals surface area contributed by atoms with Crippen molar-refractivity contribution in [1.29, 1.82) is 0 Å². The molecule has 3 N–H and O–H groups in total. The highest BCUT2D eigenvalue weighted by molar-refractivity contribution is 7.91. The Balaban J connectivity index is 2.04. The molecular weight excluding hydrogens is 302 g/mol. The summed E-state index contributed by atoms with van der Waals surface area (Å²) in [7, 11) is -3.33. The van der Waals surface area contributed by atoms with Crippen molar-refractivity contribution in [2.75, 3.05) is 32.1 Å². The Morgan fingerprint density at radius 3 is 2.45 bits per heavy atom. The summed E-state index contributed by atoms with van der Waals surface area (Å²) < 4.78 is 29.6. The van der Waals surface area contributed by atoms with Gasteiger partial charge in [0.25, 0.3) is 0 Å². The van der Waals surface area contributed by atoms with E-state index in [0.717, 1.165) is 26.2 Å². The Labute approximate surface area is 123 Å². The van der Waals surface area contributed by atoms with Crippen LogP contribution in [0.3, 0.4) is 0 Å². The molecule has 6 nitrogen and oxygen atoms in total. The van der Waals surface area contributed by atoms with Crippen molar-refractivity contribution < 1.29 is 13.2 Å². The van der Waals surface area contributed by atoms with E-state index >= 15 is 0 Å². The van der Waals surface area contributed by atoms with E-state index < -0.39 is 15.5 Å². The monoisotopic (exact) mass is 319 g/mol. The second-order valence-corrected chi connectivity index (χ2v) is 6.94. The van der Waals surface area contributed by atoms with Crippen molar-refractivity contribution in [1.82, 2.24) is 10.2 Å². The average molecular weight is 320 g/mol. The van der Waals surface area contributed by atoms with Gasteiger partial charge in [0.2, 0.25) is 5.69 Å². The highest BCUT2D eigenvalue weighted by Crippen LogP contribution is 2.18. The van der Waals surface area contributed by atoms with Crippen LogP contribution < -0.4 is 15.8 Å². The third kappa shape index (κ3) is 4.32. The summed E-state index contributed by atoms with van der Waals surface area (Å²) in [6, 6.07) is 6.11.